The van der Waals surface area contributed by atoms with Crippen molar-refractivity contribution in [3.63, 3.8) is 0 Å². The molecule has 0 radical (unpaired) electrons. The van der Waals surface area contributed by atoms with Gasteiger partial charge in [-0.25, -0.2) is 13.2 Å². The van der Waals surface area contributed by atoms with Crippen molar-refractivity contribution in [2.24, 2.45) is 0 Å². The van der Waals surface area contributed by atoms with Gasteiger partial charge < -0.3 is 14.8 Å². The predicted octanol–water partition coefficient (Wildman–Crippen LogP) is 4.15. The van der Waals surface area contributed by atoms with Crippen LogP contribution in [0.1, 0.15) is 30.6 Å². The molecule has 0 saturated carbocycles. The summed E-state index contributed by atoms with van der Waals surface area (Å²) in [5.74, 6) is -0.589. The fourth-order valence-corrected chi connectivity index (χ4v) is 3.86. The number of hydrogen-bond acceptors (Lipinski definition) is 6. The number of rotatable bonds is 10. The van der Waals surface area contributed by atoms with Crippen LogP contribution in [0.15, 0.2) is 47.4 Å². The van der Waals surface area contributed by atoms with Crippen LogP contribution in [0.5, 0.6) is 0 Å². The zero-order chi connectivity index (χ0) is 21.4. The molecule has 2 aromatic rings. The van der Waals surface area contributed by atoms with Gasteiger partial charge in [0.15, 0.2) is 0 Å². The summed E-state index contributed by atoms with van der Waals surface area (Å²) in [6.07, 6.45) is 0.374. The number of benzene rings is 2. The van der Waals surface area contributed by atoms with E-state index in [1.54, 1.807) is 51.3 Å². The average Bonchev–Trinajstić information content (AvgIpc) is 2.66. The zero-order valence-corrected chi connectivity index (χ0v) is 18.1. The number of esters is 1. The normalized spacial score (nSPS) is 11.3. The Morgan fingerprint density at radius 1 is 1.14 bits per heavy atom. The minimum atomic E-state index is -3.98. The van der Waals surface area contributed by atoms with E-state index in [1.807, 2.05) is 0 Å². The topological polar surface area (TPSA) is 93.7 Å². The van der Waals surface area contributed by atoms with Crippen molar-refractivity contribution in [2.45, 2.75) is 31.3 Å². The van der Waals surface area contributed by atoms with Gasteiger partial charge >= 0.3 is 5.97 Å². The Bertz CT molecular complexity index is 930. The van der Waals surface area contributed by atoms with E-state index in [0.29, 0.717) is 36.0 Å². The highest BCUT2D eigenvalue weighted by Gasteiger charge is 2.22. The third kappa shape index (κ3) is 6.92. The van der Waals surface area contributed by atoms with Crippen LogP contribution >= 0.6 is 11.6 Å². The van der Waals surface area contributed by atoms with Crippen LogP contribution in [0.25, 0.3) is 0 Å². The third-order valence-corrected chi connectivity index (χ3v) is 5.46. The quantitative estimate of drug-likeness (QED) is 0.425. The first-order valence-corrected chi connectivity index (χ1v) is 11.0. The molecule has 0 aliphatic carbocycles. The van der Waals surface area contributed by atoms with Gasteiger partial charge in [-0.2, -0.15) is 0 Å². The number of carbonyl (C=O) groups excluding carboxylic acids is 1. The Morgan fingerprint density at radius 3 is 2.45 bits per heavy atom. The number of nitrogens with one attached hydrogen (secondary N) is 2. The van der Waals surface area contributed by atoms with Gasteiger partial charge in [-0.05, 0) is 62.7 Å². The monoisotopic (exact) mass is 440 g/mol. The number of halogens is 1. The number of hydrogen-bond donors (Lipinski definition) is 2. The summed E-state index contributed by atoms with van der Waals surface area (Å²) in [7, 11) is -2.38. The summed E-state index contributed by atoms with van der Waals surface area (Å²) in [5.41, 5.74) is 0.885. The van der Waals surface area contributed by atoms with E-state index in [2.05, 4.69) is 10.0 Å². The third-order valence-electron chi connectivity index (χ3n) is 3.79. The molecule has 158 valence electrons. The molecule has 7 nitrogen and oxygen atoms in total. The lowest BCUT2D eigenvalue weighted by molar-refractivity contribution is 0.0377. The van der Waals surface area contributed by atoms with Gasteiger partial charge in [0.1, 0.15) is 4.90 Å². The smallest absolute Gasteiger partial charge is 0.338 e. The highest BCUT2D eigenvalue weighted by molar-refractivity contribution is 7.92. The summed E-state index contributed by atoms with van der Waals surface area (Å²) in [5, 5.41) is 3.58. The largest absolute Gasteiger partial charge is 0.459 e. The zero-order valence-electron chi connectivity index (χ0n) is 16.6. The van der Waals surface area contributed by atoms with Crippen molar-refractivity contribution in [2.75, 3.05) is 30.3 Å². The Kier molecular flexibility index (Phi) is 8.31. The van der Waals surface area contributed by atoms with Crippen molar-refractivity contribution in [1.29, 1.82) is 0 Å². The van der Waals surface area contributed by atoms with Crippen LogP contribution in [-0.2, 0) is 19.5 Å². The van der Waals surface area contributed by atoms with E-state index in [-0.39, 0.29) is 16.6 Å². The molecular weight excluding hydrogens is 416 g/mol. The van der Waals surface area contributed by atoms with Gasteiger partial charge in [0.25, 0.3) is 10.0 Å². The van der Waals surface area contributed by atoms with E-state index in [9.17, 15) is 13.2 Å². The second-order valence-electron chi connectivity index (χ2n) is 6.55. The molecule has 0 saturated heterocycles. The van der Waals surface area contributed by atoms with Crippen LogP contribution in [-0.4, -0.2) is 40.8 Å². The van der Waals surface area contributed by atoms with Crippen LogP contribution in [0.4, 0.5) is 11.4 Å². The molecule has 0 fully saturated rings. The van der Waals surface area contributed by atoms with Crippen LogP contribution < -0.4 is 10.0 Å². The van der Waals surface area contributed by atoms with Crippen molar-refractivity contribution in [3.8, 4) is 0 Å². The number of ether oxygens (including phenoxy) is 2. The first kappa shape index (κ1) is 23.0. The van der Waals surface area contributed by atoms with Gasteiger partial charge in [0.2, 0.25) is 0 Å². The molecule has 2 aromatic carbocycles. The maximum atomic E-state index is 13.0. The number of sulfonamides is 1. The molecule has 29 heavy (non-hydrogen) atoms. The second kappa shape index (κ2) is 10.5. The first-order chi connectivity index (χ1) is 13.7. The summed E-state index contributed by atoms with van der Waals surface area (Å²) in [6.45, 7) is 4.50. The molecule has 0 aliphatic heterocycles. The van der Waals surface area contributed by atoms with Gasteiger partial charge in [-0.3, -0.25) is 4.72 Å². The molecule has 2 rings (SSSR count). The first-order valence-electron chi connectivity index (χ1n) is 9.09. The van der Waals surface area contributed by atoms with Crippen molar-refractivity contribution >= 4 is 39.0 Å². The minimum Gasteiger partial charge on any atom is -0.459 e. The van der Waals surface area contributed by atoms with E-state index in [4.69, 9.17) is 21.1 Å². The van der Waals surface area contributed by atoms with Crippen molar-refractivity contribution < 1.29 is 22.7 Å². The molecule has 9 heteroatoms. The molecule has 0 amide bonds. The Morgan fingerprint density at radius 2 is 1.83 bits per heavy atom. The van der Waals surface area contributed by atoms with Gasteiger partial charge in [-0.1, -0.05) is 11.6 Å². The maximum absolute atomic E-state index is 13.0. The van der Waals surface area contributed by atoms with E-state index < -0.39 is 16.0 Å². The van der Waals surface area contributed by atoms with Crippen molar-refractivity contribution in [3.05, 3.63) is 53.1 Å². The lowest BCUT2D eigenvalue weighted by Crippen LogP contribution is -2.18. The molecule has 0 atom stereocenters. The van der Waals surface area contributed by atoms with E-state index in [0.717, 1.165) is 0 Å². The Labute approximate surface area is 176 Å². The molecule has 0 heterocycles. The fourth-order valence-electron chi connectivity index (χ4n) is 2.47. The summed E-state index contributed by atoms with van der Waals surface area (Å²) >= 11 is 5.86. The van der Waals surface area contributed by atoms with Crippen molar-refractivity contribution in [1.82, 2.24) is 0 Å². The van der Waals surface area contributed by atoms with Crippen LogP contribution in [0, 0.1) is 0 Å². The molecule has 0 unspecified atom stereocenters. The standard InChI is InChI=1S/C20H25ClN2O5S/c1-14(2)28-20(24)15-5-10-18(22-11-4-12-27-3)19(13-15)29(25,26)23-17-8-6-16(21)7-9-17/h5-10,13-14,22-23H,4,11-12H2,1-3H3. The summed E-state index contributed by atoms with van der Waals surface area (Å²) in [6, 6.07) is 10.7. The second-order valence-corrected chi connectivity index (χ2v) is 8.64. The Balaban J connectivity index is 2.36. The number of methoxy groups -OCH3 is 1. The fraction of sp³-hybridized carbons (Fsp3) is 0.350. The maximum Gasteiger partial charge on any atom is 0.338 e. The van der Waals surface area contributed by atoms with Crippen LogP contribution in [0.2, 0.25) is 5.02 Å². The van der Waals surface area contributed by atoms with Gasteiger partial charge in [0, 0.05) is 31.0 Å². The van der Waals surface area contributed by atoms with E-state index >= 15 is 0 Å². The highest BCUT2D eigenvalue weighted by Crippen LogP contribution is 2.26. The molecule has 0 aromatic heterocycles. The average molecular weight is 441 g/mol. The molecule has 2 N–H and O–H groups in total. The minimum absolute atomic E-state index is 0.0527. The predicted molar refractivity (Wildman–Crippen MR) is 114 cm³/mol. The number of carbonyl (C=O) groups is 1. The molecule has 0 aliphatic rings. The van der Waals surface area contributed by atoms with Gasteiger partial charge in [-0.15, -0.1) is 0 Å². The highest BCUT2D eigenvalue weighted by atomic mass is 35.5. The Hall–Kier alpha value is -2.29. The SMILES string of the molecule is COCCCNc1ccc(C(=O)OC(C)C)cc1S(=O)(=O)Nc1ccc(Cl)cc1. The van der Waals surface area contributed by atoms with Crippen LogP contribution in [0.3, 0.4) is 0 Å². The lowest BCUT2D eigenvalue weighted by Gasteiger charge is -2.16. The molecule has 0 spiro atoms. The lowest BCUT2D eigenvalue weighted by atomic mass is 10.2. The molecule has 0 bridgehead atoms. The summed E-state index contributed by atoms with van der Waals surface area (Å²) < 4.78 is 38.8. The van der Waals surface area contributed by atoms with Gasteiger partial charge in [0.05, 0.1) is 17.4 Å². The number of anilines is 2. The van der Waals surface area contributed by atoms with E-state index in [1.165, 1.54) is 12.1 Å². The molecular formula is C20H25ClN2O5S. The summed E-state index contributed by atoms with van der Waals surface area (Å²) in [4.78, 5) is 12.2.